The number of nitriles is 1. The van der Waals surface area contributed by atoms with Gasteiger partial charge in [-0.3, -0.25) is 9.69 Å². The molecular formula is C24H25FN4OS. The molecule has 31 heavy (non-hydrogen) atoms. The summed E-state index contributed by atoms with van der Waals surface area (Å²) in [6.45, 7) is 9.39. The standard InChI is InChI=1S/C24H25FN4OS/c1-4-11-28(15-21-6-5-12-31-21)16-23(30)27-24-22(13-26)17(2)18(3)29(24)14-19-7-9-20(25)10-8-19/h4-10,12H,1,11,14-16H2,2-3H3,(H,27,30). The third-order valence-corrected chi connectivity index (χ3v) is 6.03. The van der Waals surface area contributed by atoms with Crippen molar-refractivity contribution in [3.05, 3.63) is 87.5 Å². The fourth-order valence-electron chi connectivity index (χ4n) is 3.47. The van der Waals surface area contributed by atoms with Gasteiger partial charge in [0.05, 0.1) is 12.1 Å². The molecule has 1 amide bonds. The maximum absolute atomic E-state index is 13.3. The Morgan fingerprint density at radius 2 is 2.06 bits per heavy atom. The lowest BCUT2D eigenvalue weighted by Crippen LogP contribution is -2.33. The van der Waals surface area contributed by atoms with Gasteiger partial charge in [0, 0.05) is 30.2 Å². The topological polar surface area (TPSA) is 61.1 Å². The zero-order valence-corrected chi connectivity index (χ0v) is 18.5. The van der Waals surface area contributed by atoms with Crippen molar-refractivity contribution < 1.29 is 9.18 Å². The molecule has 7 heteroatoms. The van der Waals surface area contributed by atoms with Gasteiger partial charge in [-0.25, -0.2) is 4.39 Å². The summed E-state index contributed by atoms with van der Waals surface area (Å²) in [5, 5.41) is 14.7. The summed E-state index contributed by atoms with van der Waals surface area (Å²) in [4.78, 5) is 16.1. The molecule has 0 atom stereocenters. The Hall–Kier alpha value is -3.21. The SMILES string of the molecule is C=CCN(CC(=O)Nc1c(C#N)c(C)c(C)n1Cc1ccc(F)cc1)Cc1cccs1. The summed E-state index contributed by atoms with van der Waals surface area (Å²) < 4.78 is 15.2. The molecule has 5 nitrogen and oxygen atoms in total. The predicted octanol–water partition coefficient (Wildman–Crippen LogP) is 4.85. The van der Waals surface area contributed by atoms with Gasteiger partial charge < -0.3 is 9.88 Å². The molecule has 2 heterocycles. The molecule has 1 aromatic carbocycles. The van der Waals surface area contributed by atoms with Crippen LogP contribution in [0.4, 0.5) is 10.2 Å². The highest BCUT2D eigenvalue weighted by Gasteiger charge is 2.21. The lowest BCUT2D eigenvalue weighted by atomic mass is 10.2. The largest absolute Gasteiger partial charge is 0.326 e. The predicted molar refractivity (Wildman–Crippen MR) is 123 cm³/mol. The van der Waals surface area contributed by atoms with E-state index in [1.807, 2.05) is 40.8 Å². The molecule has 0 radical (unpaired) electrons. The fourth-order valence-corrected chi connectivity index (χ4v) is 4.21. The van der Waals surface area contributed by atoms with Gasteiger partial charge in [0.25, 0.3) is 0 Å². The summed E-state index contributed by atoms with van der Waals surface area (Å²) in [6, 6.07) is 12.5. The number of benzene rings is 1. The molecule has 0 bridgehead atoms. The van der Waals surface area contributed by atoms with E-state index in [4.69, 9.17) is 0 Å². The van der Waals surface area contributed by atoms with Crippen molar-refractivity contribution in [2.75, 3.05) is 18.4 Å². The molecule has 0 aliphatic rings. The average molecular weight is 437 g/mol. The Morgan fingerprint density at radius 3 is 2.68 bits per heavy atom. The minimum Gasteiger partial charge on any atom is -0.326 e. The van der Waals surface area contributed by atoms with Gasteiger partial charge in [0.2, 0.25) is 5.91 Å². The first kappa shape index (κ1) is 22.5. The maximum Gasteiger partial charge on any atom is 0.239 e. The summed E-state index contributed by atoms with van der Waals surface area (Å²) in [5.41, 5.74) is 3.03. The first-order valence-electron chi connectivity index (χ1n) is 9.92. The average Bonchev–Trinajstić information content (AvgIpc) is 3.32. The minimum absolute atomic E-state index is 0.175. The van der Waals surface area contributed by atoms with Crippen molar-refractivity contribution in [1.29, 1.82) is 5.26 Å². The van der Waals surface area contributed by atoms with Crippen molar-refractivity contribution in [3.8, 4) is 6.07 Å². The molecule has 1 N–H and O–H groups in total. The highest BCUT2D eigenvalue weighted by Crippen LogP contribution is 2.27. The number of anilines is 1. The highest BCUT2D eigenvalue weighted by molar-refractivity contribution is 7.09. The minimum atomic E-state index is -0.302. The van der Waals surface area contributed by atoms with E-state index in [0.717, 1.165) is 16.8 Å². The number of rotatable bonds is 9. The zero-order valence-electron chi connectivity index (χ0n) is 17.7. The number of nitrogens with one attached hydrogen (secondary N) is 1. The normalized spacial score (nSPS) is 10.8. The van der Waals surface area contributed by atoms with E-state index >= 15 is 0 Å². The van der Waals surface area contributed by atoms with E-state index in [1.54, 1.807) is 29.5 Å². The number of carbonyl (C=O) groups is 1. The van der Waals surface area contributed by atoms with Crippen molar-refractivity contribution in [2.45, 2.75) is 26.9 Å². The van der Waals surface area contributed by atoms with Gasteiger partial charge in [-0.2, -0.15) is 5.26 Å². The van der Waals surface area contributed by atoms with Crippen molar-refractivity contribution >= 4 is 23.1 Å². The molecule has 0 fully saturated rings. The molecule has 0 aliphatic carbocycles. The second-order valence-corrected chi connectivity index (χ2v) is 8.38. The molecular weight excluding hydrogens is 411 g/mol. The van der Waals surface area contributed by atoms with Gasteiger partial charge in [-0.1, -0.05) is 24.3 Å². The number of amides is 1. The van der Waals surface area contributed by atoms with Crippen LogP contribution in [0.5, 0.6) is 0 Å². The number of carbonyl (C=O) groups excluding carboxylic acids is 1. The second kappa shape index (κ2) is 10.2. The quantitative estimate of drug-likeness (QED) is 0.488. The molecule has 0 saturated carbocycles. The molecule has 0 unspecified atom stereocenters. The van der Waals surface area contributed by atoms with Gasteiger partial charge >= 0.3 is 0 Å². The number of nitrogens with zero attached hydrogens (tertiary/aromatic N) is 3. The van der Waals surface area contributed by atoms with Gasteiger partial charge in [0.15, 0.2) is 0 Å². The Labute approximate surface area is 186 Å². The molecule has 3 aromatic rings. The fraction of sp³-hybridized carbons (Fsp3) is 0.250. The molecule has 0 aliphatic heterocycles. The number of thiophene rings is 1. The van der Waals surface area contributed by atoms with Crippen molar-refractivity contribution in [1.82, 2.24) is 9.47 Å². The molecule has 3 rings (SSSR count). The van der Waals surface area contributed by atoms with Crippen LogP contribution in [0.1, 0.15) is 27.3 Å². The van der Waals surface area contributed by atoms with E-state index < -0.39 is 0 Å². The van der Waals surface area contributed by atoms with E-state index in [9.17, 15) is 14.4 Å². The van der Waals surface area contributed by atoms with E-state index in [2.05, 4.69) is 18.0 Å². The van der Waals surface area contributed by atoms with Crippen molar-refractivity contribution in [3.63, 3.8) is 0 Å². The zero-order chi connectivity index (χ0) is 22.4. The smallest absolute Gasteiger partial charge is 0.239 e. The first-order valence-corrected chi connectivity index (χ1v) is 10.8. The number of aromatic nitrogens is 1. The van der Waals surface area contributed by atoms with Crippen LogP contribution in [0.25, 0.3) is 0 Å². The van der Waals surface area contributed by atoms with E-state index in [0.29, 0.717) is 31.0 Å². The van der Waals surface area contributed by atoms with Crippen LogP contribution in [-0.4, -0.2) is 28.5 Å². The Balaban J connectivity index is 1.82. The Bertz CT molecular complexity index is 1090. The van der Waals surface area contributed by atoms with Crippen LogP contribution in [0.2, 0.25) is 0 Å². The maximum atomic E-state index is 13.3. The number of hydrogen-bond acceptors (Lipinski definition) is 4. The Morgan fingerprint density at radius 1 is 1.32 bits per heavy atom. The molecule has 0 spiro atoms. The van der Waals surface area contributed by atoms with Crippen LogP contribution in [-0.2, 0) is 17.9 Å². The van der Waals surface area contributed by atoms with Gasteiger partial charge in [-0.05, 0) is 48.6 Å². The van der Waals surface area contributed by atoms with Crippen LogP contribution in [0.3, 0.4) is 0 Å². The van der Waals surface area contributed by atoms with Crippen molar-refractivity contribution in [2.24, 2.45) is 0 Å². The number of halogens is 1. The molecule has 160 valence electrons. The molecule has 0 saturated heterocycles. The third kappa shape index (κ3) is 5.48. The van der Waals surface area contributed by atoms with Crippen LogP contribution in [0, 0.1) is 31.0 Å². The third-order valence-electron chi connectivity index (χ3n) is 5.17. The lowest BCUT2D eigenvalue weighted by molar-refractivity contribution is -0.117. The summed E-state index contributed by atoms with van der Waals surface area (Å²) in [6.07, 6.45) is 1.77. The van der Waals surface area contributed by atoms with Gasteiger partial charge in [-0.15, -0.1) is 17.9 Å². The number of hydrogen-bond donors (Lipinski definition) is 1. The Kier molecular flexibility index (Phi) is 7.40. The second-order valence-electron chi connectivity index (χ2n) is 7.34. The summed E-state index contributed by atoms with van der Waals surface area (Å²) in [7, 11) is 0. The van der Waals surface area contributed by atoms with Crippen LogP contribution in [0.15, 0.2) is 54.4 Å². The van der Waals surface area contributed by atoms with E-state index in [-0.39, 0.29) is 18.3 Å². The summed E-state index contributed by atoms with van der Waals surface area (Å²) in [5.74, 6) is -0.0299. The summed E-state index contributed by atoms with van der Waals surface area (Å²) >= 11 is 1.64. The monoisotopic (exact) mass is 436 g/mol. The van der Waals surface area contributed by atoms with E-state index in [1.165, 1.54) is 17.0 Å². The van der Waals surface area contributed by atoms with Crippen LogP contribution < -0.4 is 5.32 Å². The highest BCUT2D eigenvalue weighted by atomic mass is 32.1. The lowest BCUT2D eigenvalue weighted by Gasteiger charge is -2.20. The molecule has 2 aromatic heterocycles. The van der Waals surface area contributed by atoms with Gasteiger partial charge in [0.1, 0.15) is 17.7 Å². The van der Waals surface area contributed by atoms with Crippen LogP contribution >= 0.6 is 11.3 Å². The first-order chi connectivity index (χ1) is 14.9.